The molecule has 1 aromatic carbocycles. The van der Waals surface area contributed by atoms with Crippen molar-refractivity contribution in [3.8, 4) is 5.75 Å². The van der Waals surface area contributed by atoms with Crippen LogP contribution in [-0.4, -0.2) is 49.8 Å². The average molecular weight is 406 g/mol. The molecule has 1 atom stereocenters. The highest BCUT2D eigenvalue weighted by atomic mass is 79.9. The van der Waals surface area contributed by atoms with Gasteiger partial charge in [-0.3, -0.25) is 0 Å². The molecule has 2 N–H and O–H groups in total. The summed E-state index contributed by atoms with van der Waals surface area (Å²) in [5.41, 5.74) is -0.482. The summed E-state index contributed by atoms with van der Waals surface area (Å²) in [4.78, 5) is 11.1. The summed E-state index contributed by atoms with van der Waals surface area (Å²) in [6.45, 7) is 8.06. The second-order valence-corrected chi connectivity index (χ2v) is 6.93. The highest BCUT2D eigenvalue weighted by molar-refractivity contribution is 9.10. The van der Waals surface area contributed by atoms with Gasteiger partial charge in [0.05, 0.1) is 26.4 Å². The van der Waals surface area contributed by atoms with Crippen LogP contribution in [0.4, 0.5) is 4.79 Å². The van der Waals surface area contributed by atoms with Crippen LogP contribution in [0.15, 0.2) is 28.7 Å². The predicted octanol–water partition coefficient (Wildman–Crippen LogP) is 3.37. The molecule has 1 unspecified atom stereocenters. The molecule has 0 aromatic heterocycles. The Bertz CT molecular complexity index is 474. The van der Waals surface area contributed by atoms with Crippen molar-refractivity contribution < 1.29 is 24.1 Å². The van der Waals surface area contributed by atoms with Crippen molar-refractivity contribution in [2.75, 3.05) is 26.9 Å². The van der Waals surface area contributed by atoms with Crippen LogP contribution in [0.3, 0.4) is 0 Å². The lowest BCUT2D eigenvalue weighted by Crippen LogP contribution is -2.34. The van der Waals surface area contributed by atoms with Crippen molar-refractivity contribution in [3.63, 3.8) is 0 Å². The highest BCUT2D eigenvalue weighted by Crippen LogP contribution is 2.16. The van der Waals surface area contributed by atoms with Crippen LogP contribution in [0.5, 0.6) is 5.75 Å². The molecule has 1 amide bonds. The molecule has 0 saturated carbocycles. The fourth-order valence-electron chi connectivity index (χ4n) is 1.39. The van der Waals surface area contributed by atoms with Gasteiger partial charge in [-0.15, -0.1) is 0 Å². The number of alkyl carbamates (subject to hydrolysis) is 1. The number of rotatable bonds is 6. The number of carbonyl (C=O) groups is 1. The quantitative estimate of drug-likeness (QED) is 0.709. The van der Waals surface area contributed by atoms with Gasteiger partial charge in [0.2, 0.25) is 0 Å². The third kappa shape index (κ3) is 14.3. The minimum absolute atomic E-state index is 0.274. The van der Waals surface area contributed by atoms with Gasteiger partial charge in [-0.2, -0.15) is 0 Å². The van der Waals surface area contributed by atoms with Crippen LogP contribution in [0.25, 0.3) is 0 Å². The molecule has 0 spiro atoms. The smallest absolute Gasteiger partial charge is 0.407 e. The molecular weight excluding hydrogens is 378 g/mol. The summed E-state index contributed by atoms with van der Waals surface area (Å²) in [7, 11) is 1.65. The Balaban J connectivity index is 0.000000496. The largest absolute Gasteiger partial charge is 0.497 e. The van der Waals surface area contributed by atoms with Crippen molar-refractivity contribution in [1.29, 1.82) is 0 Å². The summed E-state index contributed by atoms with van der Waals surface area (Å²) in [6.07, 6.45) is -0.935. The number of carbonyl (C=O) groups excluding carboxylic acids is 1. The Hall–Kier alpha value is -1.31. The molecule has 0 aliphatic carbocycles. The summed E-state index contributed by atoms with van der Waals surface area (Å²) in [5, 5.41) is 11.4. The third-order valence-corrected chi connectivity index (χ3v) is 2.80. The van der Waals surface area contributed by atoms with E-state index in [0.717, 1.165) is 10.2 Å². The van der Waals surface area contributed by atoms with Crippen molar-refractivity contribution in [1.82, 2.24) is 5.32 Å². The number of hydrogen-bond acceptors (Lipinski definition) is 5. The van der Waals surface area contributed by atoms with Crippen LogP contribution >= 0.6 is 15.9 Å². The van der Waals surface area contributed by atoms with E-state index in [9.17, 15) is 4.79 Å². The Kier molecular flexibility index (Phi) is 11.4. The van der Waals surface area contributed by atoms with Gasteiger partial charge in [0.15, 0.2) is 0 Å². The van der Waals surface area contributed by atoms with E-state index >= 15 is 0 Å². The lowest BCUT2D eigenvalue weighted by molar-refractivity contribution is 0.0383. The zero-order valence-corrected chi connectivity index (χ0v) is 16.6. The number of aliphatic hydroxyl groups excluding tert-OH is 1. The molecule has 1 rings (SSSR count). The SMILES string of the molecule is CC(O)COCCNC(=O)OC(C)(C)C.COc1cccc(Br)c1. The molecule has 6 nitrogen and oxygen atoms in total. The maximum Gasteiger partial charge on any atom is 0.407 e. The van der Waals surface area contributed by atoms with Gasteiger partial charge in [0, 0.05) is 11.0 Å². The number of methoxy groups -OCH3 is 1. The summed E-state index contributed by atoms with van der Waals surface area (Å²) < 4.78 is 16.1. The lowest BCUT2D eigenvalue weighted by Gasteiger charge is -2.19. The van der Waals surface area contributed by atoms with Crippen LogP contribution in [0, 0.1) is 0 Å². The lowest BCUT2D eigenvalue weighted by atomic mass is 10.2. The van der Waals surface area contributed by atoms with Crippen LogP contribution < -0.4 is 10.1 Å². The summed E-state index contributed by atoms with van der Waals surface area (Å²) in [6, 6.07) is 7.72. The monoisotopic (exact) mass is 405 g/mol. The maximum atomic E-state index is 11.1. The van der Waals surface area contributed by atoms with Crippen molar-refractivity contribution >= 4 is 22.0 Å². The number of ether oxygens (including phenoxy) is 3. The number of amides is 1. The minimum Gasteiger partial charge on any atom is -0.497 e. The van der Waals surface area contributed by atoms with E-state index in [0.29, 0.717) is 13.2 Å². The van der Waals surface area contributed by atoms with Gasteiger partial charge < -0.3 is 24.6 Å². The first-order chi connectivity index (χ1) is 11.1. The summed E-state index contributed by atoms with van der Waals surface area (Å²) in [5.74, 6) is 0.879. The molecule has 0 bridgehead atoms. The van der Waals surface area contributed by atoms with Crippen molar-refractivity contribution in [2.45, 2.75) is 39.4 Å². The van der Waals surface area contributed by atoms with Gasteiger partial charge in [-0.25, -0.2) is 4.79 Å². The summed E-state index contributed by atoms with van der Waals surface area (Å²) >= 11 is 3.32. The van der Waals surface area contributed by atoms with E-state index in [1.165, 1.54) is 0 Å². The van der Waals surface area contributed by atoms with E-state index < -0.39 is 17.8 Å². The average Bonchev–Trinajstić information content (AvgIpc) is 2.45. The van der Waals surface area contributed by atoms with Crippen LogP contribution in [-0.2, 0) is 9.47 Å². The number of halogens is 1. The highest BCUT2D eigenvalue weighted by Gasteiger charge is 2.15. The molecular formula is C17H28BrNO5. The maximum absolute atomic E-state index is 11.1. The molecule has 24 heavy (non-hydrogen) atoms. The second kappa shape index (κ2) is 12.1. The zero-order valence-electron chi connectivity index (χ0n) is 15.0. The van der Waals surface area contributed by atoms with Gasteiger partial charge in [0.25, 0.3) is 0 Å². The van der Waals surface area contributed by atoms with Gasteiger partial charge in [-0.1, -0.05) is 22.0 Å². The standard InChI is InChI=1S/C10H21NO4.C7H7BrO/c1-8(12)7-14-6-5-11-9(13)15-10(2,3)4;1-9-7-4-2-3-6(8)5-7/h8,12H,5-7H2,1-4H3,(H,11,13);2-5H,1H3. The fraction of sp³-hybridized carbons (Fsp3) is 0.588. The van der Waals surface area contributed by atoms with Crippen LogP contribution in [0.1, 0.15) is 27.7 Å². The van der Waals surface area contributed by atoms with E-state index in [-0.39, 0.29) is 6.61 Å². The Labute approximate surface area is 152 Å². The van der Waals surface area contributed by atoms with Gasteiger partial charge >= 0.3 is 6.09 Å². The van der Waals surface area contributed by atoms with E-state index in [1.54, 1.807) is 34.8 Å². The van der Waals surface area contributed by atoms with Crippen LogP contribution in [0.2, 0.25) is 0 Å². The number of hydrogen-bond donors (Lipinski definition) is 2. The van der Waals surface area contributed by atoms with Gasteiger partial charge in [-0.05, 0) is 45.9 Å². The molecule has 0 aliphatic rings. The van der Waals surface area contributed by atoms with Gasteiger partial charge in [0.1, 0.15) is 11.4 Å². The third-order valence-electron chi connectivity index (χ3n) is 2.31. The fourth-order valence-corrected chi connectivity index (χ4v) is 1.77. The second-order valence-electron chi connectivity index (χ2n) is 6.01. The topological polar surface area (TPSA) is 77.0 Å². The van der Waals surface area contributed by atoms with Crippen molar-refractivity contribution in [2.24, 2.45) is 0 Å². The van der Waals surface area contributed by atoms with E-state index in [1.807, 2.05) is 24.3 Å². The Morgan fingerprint density at radius 3 is 2.50 bits per heavy atom. The molecule has 0 saturated heterocycles. The normalized spacial score (nSPS) is 11.8. The molecule has 0 heterocycles. The molecule has 0 radical (unpaired) electrons. The molecule has 0 fully saturated rings. The number of nitrogens with one attached hydrogen (secondary N) is 1. The Morgan fingerprint density at radius 1 is 1.38 bits per heavy atom. The molecule has 1 aromatic rings. The van der Waals surface area contributed by atoms with E-state index in [2.05, 4.69) is 21.2 Å². The van der Waals surface area contributed by atoms with E-state index in [4.69, 9.17) is 19.3 Å². The number of benzene rings is 1. The number of aliphatic hydroxyl groups is 1. The molecule has 0 aliphatic heterocycles. The first-order valence-corrected chi connectivity index (χ1v) is 8.45. The zero-order chi connectivity index (χ0) is 18.6. The minimum atomic E-state index is -0.482. The Morgan fingerprint density at radius 2 is 2.04 bits per heavy atom. The first kappa shape index (κ1) is 22.7. The molecule has 138 valence electrons. The van der Waals surface area contributed by atoms with Crippen molar-refractivity contribution in [3.05, 3.63) is 28.7 Å². The molecule has 7 heteroatoms. The predicted molar refractivity (Wildman–Crippen MR) is 97.4 cm³/mol. The first-order valence-electron chi connectivity index (χ1n) is 7.66.